The Hall–Kier alpha value is -2.16. The summed E-state index contributed by atoms with van der Waals surface area (Å²) in [4.78, 5) is 10.5. The number of pyridine rings is 1. The molecule has 0 atom stereocenters. The van der Waals surface area contributed by atoms with E-state index >= 15 is 0 Å². The van der Waals surface area contributed by atoms with Crippen LogP contribution < -0.4 is 4.90 Å². The summed E-state index contributed by atoms with van der Waals surface area (Å²) in [6.07, 6.45) is 13.4. The molecule has 3 heteroatoms. The van der Waals surface area contributed by atoms with Crippen LogP contribution in [0.15, 0.2) is 53.6 Å². The summed E-state index contributed by atoms with van der Waals surface area (Å²) in [6.45, 7) is 0. The second kappa shape index (κ2) is 3.20. The van der Waals surface area contributed by atoms with Crippen molar-refractivity contribution in [1.29, 1.82) is 0 Å². The van der Waals surface area contributed by atoms with Crippen LogP contribution in [0.5, 0.6) is 0 Å². The predicted octanol–water partition coefficient (Wildman–Crippen LogP) is 2.35. The van der Waals surface area contributed by atoms with Crippen LogP contribution in [0.1, 0.15) is 5.69 Å². The molecule has 0 spiro atoms. The number of hydrogen-bond acceptors (Lipinski definition) is 3. The zero-order valence-corrected chi connectivity index (χ0v) is 8.04. The van der Waals surface area contributed by atoms with Crippen molar-refractivity contribution in [3.63, 3.8) is 0 Å². The highest BCUT2D eigenvalue weighted by atomic mass is 15.2. The van der Waals surface area contributed by atoms with E-state index in [-0.39, 0.29) is 0 Å². The maximum absolute atomic E-state index is 4.33. The van der Waals surface area contributed by atoms with E-state index in [1.54, 1.807) is 12.4 Å². The zero-order chi connectivity index (χ0) is 10.1. The van der Waals surface area contributed by atoms with Gasteiger partial charge < -0.3 is 4.90 Å². The lowest BCUT2D eigenvalue weighted by Gasteiger charge is -2.22. The van der Waals surface area contributed by atoms with Gasteiger partial charge in [-0.25, -0.2) is 0 Å². The van der Waals surface area contributed by atoms with Crippen molar-refractivity contribution in [2.45, 2.75) is 0 Å². The monoisotopic (exact) mass is 195 g/mol. The fourth-order valence-corrected chi connectivity index (χ4v) is 1.69. The Morgan fingerprint density at radius 1 is 1.27 bits per heavy atom. The number of nitrogens with zero attached hydrogens (tertiary/aromatic N) is 3. The van der Waals surface area contributed by atoms with Gasteiger partial charge in [0, 0.05) is 18.6 Å². The average molecular weight is 195 g/mol. The molecule has 0 aliphatic carbocycles. The molecular formula is C12H9N3. The smallest absolute Gasteiger partial charge is 0.0869 e. The first kappa shape index (κ1) is 8.17. The summed E-state index contributed by atoms with van der Waals surface area (Å²) in [5.74, 6) is 0. The molecule has 0 saturated heterocycles. The first-order valence-electron chi connectivity index (χ1n) is 4.77. The van der Waals surface area contributed by atoms with E-state index < -0.39 is 0 Å². The van der Waals surface area contributed by atoms with Gasteiger partial charge in [-0.05, 0) is 24.3 Å². The van der Waals surface area contributed by atoms with Crippen LogP contribution in [0.25, 0.3) is 6.08 Å². The molecule has 72 valence electrons. The van der Waals surface area contributed by atoms with Crippen molar-refractivity contribution in [3.8, 4) is 0 Å². The van der Waals surface area contributed by atoms with Gasteiger partial charge in [-0.2, -0.15) is 0 Å². The predicted molar refractivity (Wildman–Crippen MR) is 61.5 cm³/mol. The second-order valence-corrected chi connectivity index (χ2v) is 3.30. The highest BCUT2D eigenvalue weighted by Crippen LogP contribution is 2.27. The van der Waals surface area contributed by atoms with E-state index in [0.717, 1.165) is 17.1 Å². The largest absolute Gasteiger partial charge is 0.312 e. The molecule has 1 aromatic rings. The molecule has 0 saturated carbocycles. The highest BCUT2D eigenvalue weighted by molar-refractivity contribution is 5.90. The number of aliphatic imine (C=N–C) groups is 1. The molecule has 15 heavy (non-hydrogen) atoms. The number of allylic oxidation sites excluding steroid dienone is 3. The number of fused-ring (bicyclic) bond motifs is 3. The van der Waals surface area contributed by atoms with E-state index in [4.69, 9.17) is 0 Å². The Labute approximate surface area is 87.8 Å². The second-order valence-electron chi connectivity index (χ2n) is 3.30. The third kappa shape index (κ3) is 1.29. The zero-order valence-electron chi connectivity index (χ0n) is 8.04. The highest BCUT2D eigenvalue weighted by Gasteiger charge is 2.14. The third-order valence-electron chi connectivity index (χ3n) is 2.38. The minimum Gasteiger partial charge on any atom is -0.312 e. The number of rotatable bonds is 0. The molecule has 2 aliphatic rings. The normalized spacial score (nSPS) is 16.8. The molecule has 0 radical (unpaired) electrons. The van der Waals surface area contributed by atoms with Gasteiger partial charge in [0.15, 0.2) is 0 Å². The van der Waals surface area contributed by atoms with Crippen molar-refractivity contribution in [2.24, 2.45) is 4.99 Å². The van der Waals surface area contributed by atoms with Gasteiger partial charge in [0.05, 0.1) is 23.3 Å². The summed E-state index contributed by atoms with van der Waals surface area (Å²) < 4.78 is 0. The van der Waals surface area contributed by atoms with Gasteiger partial charge in [0.2, 0.25) is 0 Å². The van der Waals surface area contributed by atoms with Gasteiger partial charge in [-0.3, -0.25) is 9.98 Å². The van der Waals surface area contributed by atoms with Gasteiger partial charge in [-0.1, -0.05) is 6.08 Å². The molecule has 3 nitrogen and oxygen atoms in total. The standard InChI is InChI=1S/C12H9N3/c1-3-10-9-13-7-8-15(10)12-5-2-6-14-11(12)4-1/h1-9H. The molecule has 0 N–H and O–H groups in total. The molecule has 0 unspecified atom stereocenters. The first-order chi connectivity index (χ1) is 7.45. The molecule has 3 rings (SSSR count). The van der Waals surface area contributed by atoms with Crippen molar-refractivity contribution >= 4 is 18.0 Å². The molecule has 2 aliphatic heterocycles. The van der Waals surface area contributed by atoms with Crippen molar-refractivity contribution in [3.05, 3.63) is 54.3 Å². The topological polar surface area (TPSA) is 28.5 Å². The van der Waals surface area contributed by atoms with Crippen LogP contribution in [-0.4, -0.2) is 11.2 Å². The lowest BCUT2D eigenvalue weighted by atomic mass is 10.2. The third-order valence-corrected chi connectivity index (χ3v) is 2.38. The molecular weight excluding hydrogens is 186 g/mol. The lowest BCUT2D eigenvalue weighted by molar-refractivity contribution is 1.17. The summed E-state index contributed by atoms with van der Waals surface area (Å²) in [5, 5.41) is 0. The van der Waals surface area contributed by atoms with Gasteiger partial charge in [0.1, 0.15) is 0 Å². The number of aromatic nitrogens is 1. The average Bonchev–Trinajstić information content (AvgIpc) is 2.48. The Bertz CT molecular complexity index is 509. The number of anilines is 1. The maximum atomic E-state index is 4.33. The van der Waals surface area contributed by atoms with Crippen LogP contribution in [0, 0.1) is 0 Å². The van der Waals surface area contributed by atoms with Gasteiger partial charge in [0.25, 0.3) is 0 Å². The Kier molecular flexibility index (Phi) is 1.75. The van der Waals surface area contributed by atoms with Crippen molar-refractivity contribution in [1.82, 2.24) is 4.98 Å². The van der Waals surface area contributed by atoms with Crippen LogP contribution in [-0.2, 0) is 0 Å². The molecule has 0 bridgehead atoms. The molecule has 1 aromatic heterocycles. The summed E-state index contributed by atoms with van der Waals surface area (Å²) >= 11 is 0. The van der Waals surface area contributed by atoms with Crippen LogP contribution >= 0.6 is 0 Å². The van der Waals surface area contributed by atoms with Crippen LogP contribution in [0.4, 0.5) is 5.69 Å². The van der Waals surface area contributed by atoms with Gasteiger partial charge >= 0.3 is 0 Å². The summed E-state index contributed by atoms with van der Waals surface area (Å²) in [7, 11) is 0. The van der Waals surface area contributed by atoms with E-state index in [9.17, 15) is 0 Å². The summed E-state index contributed by atoms with van der Waals surface area (Å²) in [6, 6.07) is 3.99. The van der Waals surface area contributed by atoms with E-state index in [1.165, 1.54) is 0 Å². The van der Waals surface area contributed by atoms with E-state index in [0.29, 0.717) is 0 Å². The van der Waals surface area contributed by atoms with Crippen molar-refractivity contribution in [2.75, 3.05) is 4.90 Å². The fourth-order valence-electron chi connectivity index (χ4n) is 1.69. The molecule has 0 amide bonds. The van der Waals surface area contributed by atoms with Crippen LogP contribution in [0.3, 0.4) is 0 Å². The minimum atomic E-state index is 0.976. The minimum absolute atomic E-state index is 0.976. The fraction of sp³-hybridized carbons (Fsp3) is 0. The lowest BCUT2D eigenvalue weighted by Crippen LogP contribution is -2.18. The van der Waals surface area contributed by atoms with Crippen LogP contribution in [0.2, 0.25) is 0 Å². The quantitative estimate of drug-likeness (QED) is 0.635. The molecule has 3 heterocycles. The first-order valence-corrected chi connectivity index (χ1v) is 4.77. The summed E-state index contributed by atoms with van der Waals surface area (Å²) in [5.41, 5.74) is 3.11. The Morgan fingerprint density at radius 3 is 3.27 bits per heavy atom. The van der Waals surface area contributed by atoms with Gasteiger partial charge in [-0.15, -0.1) is 0 Å². The Balaban J connectivity index is 2.20. The van der Waals surface area contributed by atoms with Crippen molar-refractivity contribution < 1.29 is 0 Å². The maximum Gasteiger partial charge on any atom is 0.0869 e. The molecule has 0 fully saturated rings. The Morgan fingerprint density at radius 2 is 2.27 bits per heavy atom. The van der Waals surface area contributed by atoms with E-state index in [2.05, 4.69) is 20.9 Å². The van der Waals surface area contributed by atoms with E-state index in [1.807, 2.05) is 36.7 Å². The SMILES string of the molecule is C1=Cc2ncccc2N2C=CN=CC2=C1. The molecule has 0 aromatic carbocycles. The number of hydrogen-bond donors (Lipinski definition) is 0.